The van der Waals surface area contributed by atoms with Crippen molar-refractivity contribution in [3.8, 4) is 18.2 Å². The van der Waals surface area contributed by atoms with Gasteiger partial charge in [0.15, 0.2) is 0 Å². The second-order valence-electron chi connectivity index (χ2n) is 32.3. The van der Waals surface area contributed by atoms with E-state index in [0.717, 1.165) is 213 Å². The van der Waals surface area contributed by atoms with Crippen molar-refractivity contribution in [2.45, 2.75) is 113 Å². The molecule has 17 heterocycles. The molecule has 0 aliphatic rings. The number of sulfonamides is 2. The lowest BCUT2D eigenvalue weighted by atomic mass is 10.1. The van der Waals surface area contributed by atoms with Crippen molar-refractivity contribution in [1.82, 2.24) is 117 Å². The zero-order valence-corrected chi connectivity index (χ0v) is 84.5. The molecule has 8 N–H and O–H groups in total. The van der Waals surface area contributed by atoms with Gasteiger partial charge in [-0.25, -0.2) is 91.3 Å². The van der Waals surface area contributed by atoms with Gasteiger partial charge >= 0.3 is 0 Å². The van der Waals surface area contributed by atoms with Gasteiger partial charge in [0.1, 0.15) is 96.6 Å². The Bertz CT molecular complexity index is 7590. The summed E-state index contributed by atoms with van der Waals surface area (Å²) >= 11 is 3.27. The van der Waals surface area contributed by atoms with Gasteiger partial charge in [0.05, 0.1) is 216 Å². The SMILES string of the molecule is CCc1cc(Br)ncc1N.CCc1cc(C#N)ncc1N.CCc1cc(C#N)ncc1N(C)c1cc2c(cn1)ncn2C.CCc1cc(C#N)ncc1Nc1cc2c(cn1)ncn2C.CCc1cc(CN(C)S(C)(=O)=O)ncc1N(C)c1cc2c(cn1)ncn2C.CCc1cc(CN)ncc1N(C)c1cc2c(cn1)ncn2C.CCc1cc(CNS(C)(=O)=O)ncc1N(C)c1cc2c(cn1)ncn2C. The minimum Gasteiger partial charge on any atom is -0.397 e. The average Bonchev–Trinajstić information content (AvgIpc) is 1.80. The number of nitrogens with two attached hydrogens (primary N) is 3. The summed E-state index contributed by atoms with van der Waals surface area (Å²) in [5, 5.41) is 29.6. The number of hydrogen-bond acceptors (Lipinski definition) is 32. The van der Waals surface area contributed by atoms with Crippen molar-refractivity contribution in [3.63, 3.8) is 0 Å². The summed E-state index contributed by atoms with van der Waals surface area (Å²) in [6.07, 6.45) is 37.9. The van der Waals surface area contributed by atoms with Gasteiger partial charge in [0.25, 0.3) is 0 Å². The molecule has 17 aromatic heterocycles. The number of fused-ring (bicyclic) bond motifs is 5. The standard InChI is InChI=1S/C18H24N6O2S.C17H22N6O2S.C16H20N6.C16H16N6.C15H14N6.C8H9N3.C7H9BrN2/c1-6-13-7-14(11-23(3)27(5,25)26)19-10-17(13)24(4)18-8-16-15(9-20-18)21-12-22(16)2;1-5-12-6-13(8-21-26(4,24)25)18-10-16(12)23(3)17-7-15-14(9-19-17)20-11-22(15)2;2*1-4-11-5-12(7-17)18-9-15(11)22(3)16-6-14-13(8-19-16)20-10-21(14)2;1-3-10-4-11(6-16)17-7-12(10)20-15-5-14-13(8-18-15)19-9-21(14)2;1-2-6-3-7(4-9)11-5-8(6)10;1-2-5-3-7(8)10-4-6(5)9/h7-10,12H,6,11H2,1-5H3;6-7,9-11,21H,5,8H2,1-4H3;5-6,8-10H,4,7,17H2,1-3H3;5-6,8-10H,4H2,1-3H3;4-5,7-9H,3H2,1-2H3,(H,18,20);3,5H,2,10H2,1H3;3-4H,2,9H2,1H3. The number of pyridine rings is 12. The van der Waals surface area contributed by atoms with Crippen LogP contribution in [0.15, 0.2) is 183 Å². The summed E-state index contributed by atoms with van der Waals surface area (Å²) in [7, 11) is 12.7. The van der Waals surface area contributed by atoms with E-state index in [0.29, 0.717) is 40.7 Å². The van der Waals surface area contributed by atoms with Gasteiger partial charge in [-0.3, -0.25) is 15.0 Å². The van der Waals surface area contributed by atoms with E-state index in [1.807, 2.05) is 182 Å². The Kier molecular flexibility index (Phi) is 35.4. The number of anilines is 12. The second kappa shape index (κ2) is 47.3. The first kappa shape index (κ1) is 104. The lowest BCUT2D eigenvalue weighted by Gasteiger charge is -2.22. The number of nitrogens with zero attached hydrogens (tertiary/aromatic N) is 30. The number of rotatable bonds is 24. The van der Waals surface area contributed by atoms with Crippen molar-refractivity contribution in [2.24, 2.45) is 41.0 Å². The van der Waals surface area contributed by atoms with Crippen molar-refractivity contribution >= 4 is 160 Å². The van der Waals surface area contributed by atoms with Crippen molar-refractivity contribution < 1.29 is 16.8 Å². The van der Waals surface area contributed by atoms with Crippen LogP contribution in [0.1, 0.15) is 122 Å². The Hall–Kier alpha value is -15.5. The topological polar surface area (TPSA) is 502 Å². The van der Waals surface area contributed by atoms with Crippen LogP contribution >= 0.6 is 15.9 Å². The fraction of sp³-hybridized carbons (Fsp3) is 0.299. The second-order valence-corrected chi connectivity index (χ2v) is 37.0. The maximum absolute atomic E-state index is 11.6. The highest BCUT2D eigenvalue weighted by molar-refractivity contribution is 9.10. The van der Waals surface area contributed by atoms with Crippen molar-refractivity contribution in [2.75, 3.05) is 84.1 Å². The Balaban J connectivity index is 0.000000158. The Morgan fingerprint density at radius 1 is 0.360 bits per heavy atom. The van der Waals surface area contributed by atoms with Crippen LogP contribution in [0.2, 0.25) is 0 Å². The van der Waals surface area contributed by atoms with Crippen LogP contribution in [0, 0.1) is 34.0 Å². The van der Waals surface area contributed by atoms with Crippen LogP contribution in [0.5, 0.6) is 0 Å². The maximum Gasteiger partial charge on any atom is 0.211 e. The zero-order valence-electron chi connectivity index (χ0n) is 81.3. The molecule has 0 saturated heterocycles. The third-order valence-electron chi connectivity index (χ3n) is 22.8. The Labute approximate surface area is 816 Å². The van der Waals surface area contributed by atoms with Crippen molar-refractivity contribution in [1.29, 1.82) is 15.8 Å². The monoisotopic (exact) mass is 1980 g/mol. The van der Waals surface area contributed by atoms with Gasteiger partial charge in [0, 0.05) is 107 Å². The van der Waals surface area contributed by atoms with Crippen molar-refractivity contribution in [3.05, 3.63) is 257 Å². The van der Waals surface area contributed by atoms with Crippen LogP contribution in [0.3, 0.4) is 0 Å². The third kappa shape index (κ3) is 26.4. The molecular formula is C97H114BrN35O4S2. The van der Waals surface area contributed by atoms with E-state index in [2.05, 4.69) is 168 Å². The average molecular weight is 1980 g/mol. The molecule has 39 nitrogen and oxygen atoms in total. The normalized spacial score (nSPS) is 11.0. The fourth-order valence-corrected chi connectivity index (χ4v) is 15.7. The Morgan fingerprint density at radius 3 is 1.04 bits per heavy atom. The first-order chi connectivity index (χ1) is 66.5. The highest BCUT2D eigenvalue weighted by Gasteiger charge is 2.22. The summed E-state index contributed by atoms with van der Waals surface area (Å²) in [5.74, 6) is 4.00. The molecule has 0 spiro atoms. The highest BCUT2D eigenvalue weighted by atomic mass is 79.9. The summed E-state index contributed by atoms with van der Waals surface area (Å²) < 4.78 is 60.2. The van der Waals surface area contributed by atoms with E-state index in [-0.39, 0.29) is 13.1 Å². The molecule has 720 valence electrons. The summed E-state index contributed by atoms with van der Waals surface area (Å²) in [4.78, 5) is 81.1. The number of aromatic nitrogens is 22. The fourth-order valence-electron chi connectivity index (χ4n) is 14.5. The highest BCUT2D eigenvalue weighted by Crippen LogP contribution is 2.34. The number of nitriles is 3. The molecule has 0 aliphatic heterocycles. The van der Waals surface area contributed by atoms with Gasteiger partial charge in [-0.05, 0) is 142 Å². The zero-order chi connectivity index (χ0) is 101. The molecule has 0 fully saturated rings. The third-order valence-corrected chi connectivity index (χ3v) is 25.2. The summed E-state index contributed by atoms with van der Waals surface area (Å²) in [6, 6.07) is 29.3. The van der Waals surface area contributed by atoms with E-state index in [9.17, 15) is 16.8 Å². The van der Waals surface area contributed by atoms with Gasteiger partial charge in [0.2, 0.25) is 20.0 Å². The number of nitrogens with one attached hydrogen (secondary N) is 2. The molecule has 42 heteroatoms. The molecule has 139 heavy (non-hydrogen) atoms. The number of hydrogen-bond donors (Lipinski definition) is 5. The van der Waals surface area contributed by atoms with Gasteiger partial charge in [-0.2, -0.15) is 20.1 Å². The molecule has 0 saturated carbocycles. The van der Waals surface area contributed by atoms with Gasteiger partial charge < -0.3 is 65.0 Å². The smallest absolute Gasteiger partial charge is 0.211 e. The molecule has 0 bridgehead atoms. The summed E-state index contributed by atoms with van der Waals surface area (Å²) in [5.41, 5.74) is 43.6. The minimum atomic E-state index is -3.25. The van der Waals surface area contributed by atoms with E-state index >= 15 is 0 Å². The van der Waals surface area contributed by atoms with Crippen LogP contribution in [0.25, 0.3) is 55.2 Å². The molecule has 0 aromatic carbocycles. The van der Waals surface area contributed by atoms with E-state index in [1.54, 1.807) is 113 Å². The molecule has 0 amide bonds. The first-order valence-electron chi connectivity index (χ1n) is 44.4. The van der Waals surface area contributed by atoms with Crippen LogP contribution < -0.4 is 46.8 Å². The van der Waals surface area contributed by atoms with E-state index < -0.39 is 20.0 Å². The van der Waals surface area contributed by atoms with Gasteiger partial charge in [-0.15, -0.1) is 0 Å². The molecule has 0 aliphatic carbocycles. The molecule has 17 aromatic rings. The summed E-state index contributed by atoms with van der Waals surface area (Å²) in [6.45, 7) is 15.3. The van der Waals surface area contributed by atoms with Crippen LogP contribution in [0.4, 0.5) is 68.9 Å². The lowest BCUT2D eigenvalue weighted by Crippen LogP contribution is -2.25. The van der Waals surface area contributed by atoms with Crippen LogP contribution in [-0.2, 0) is 120 Å². The number of halogens is 1. The quantitative estimate of drug-likeness (QED) is 0.0351. The van der Waals surface area contributed by atoms with E-state index in [1.165, 1.54) is 22.3 Å². The number of imidazole rings is 5. The molecule has 0 atom stereocenters. The predicted octanol–water partition coefficient (Wildman–Crippen LogP) is 14.2. The largest absolute Gasteiger partial charge is 0.397 e. The Morgan fingerprint density at radius 2 is 0.669 bits per heavy atom. The van der Waals surface area contributed by atoms with Gasteiger partial charge in [-0.1, -0.05) is 48.5 Å². The molecule has 0 radical (unpaired) electrons. The molecule has 17 rings (SSSR count). The lowest BCUT2D eigenvalue weighted by molar-refractivity contribution is 0.467. The number of nitrogen functional groups attached to an aromatic ring is 2. The molecular weight excluding hydrogens is 1860 g/mol. The maximum atomic E-state index is 11.6. The van der Waals surface area contributed by atoms with E-state index in [4.69, 9.17) is 33.0 Å². The predicted molar refractivity (Wildman–Crippen MR) is 550 cm³/mol. The minimum absolute atomic E-state index is 0.176. The number of aryl methyl sites for hydroxylation is 12. The van der Waals surface area contributed by atoms with Crippen LogP contribution in [-0.4, -0.2) is 176 Å². The molecule has 0 unspecified atom stereocenters. The first-order valence-corrected chi connectivity index (χ1v) is 48.9.